The number of esters is 3. The average molecular weight is 927 g/mol. The first-order valence-corrected chi connectivity index (χ1v) is 18.2. The van der Waals surface area contributed by atoms with E-state index in [1.165, 1.54) is 0 Å². The molecule has 0 radical (unpaired) electrons. The quantitative estimate of drug-likeness (QED) is 0.0628. The zero-order valence-corrected chi connectivity index (χ0v) is 32.4. The van der Waals surface area contributed by atoms with Gasteiger partial charge in [0.15, 0.2) is 63.6 Å². The van der Waals surface area contributed by atoms with Gasteiger partial charge in [-0.05, 0) is 24.3 Å². The molecule has 1 fully saturated rings. The number of aromatic carboxylic acids is 1. The van der Waals surface area contributed by atoms with Crippen molar-refractivity contribution >= 4 is 23.9 Å². The van der Waals surface area contributed by atoms with Crippen LogP contribution in [0.3, 0.4) is 0 Å². The third-order valence-electron chi connectivity index (χ3n) is 9.92. The van der Waals surface area contributed by atoms with E-state index in [4.69, 9.17) is 28.4 Å². The highest BCUT2D eigenvalue weighted by molar-refractivity contribution is 6.08. The van der Waals surface area contributed by atoms with Gasteiger partial charge in [0.05, 0.1) is 16.7 Å². The Morgan fingerprint density at radius 1 is 0.576 bits per heavy atom. The van der Waals surface area contributed by atoms with Crippen molar-refractivity contribution in [2.24, 2.45) is 0 Å². The van der Waals surface area contributed by atoms with Gasteiger partial charge in [-0.25, -0.2) is 19.2 Å². The Kier molecular flexibility index (Phi) is 11.1. The van der Waals surface area contributed by atoms with Crippen molar-refractivity contribution in [3.05, 3.63) is 64.7 Å². The molecule has 1 saturated heterocycles. The van der Waals surface area contributed by atoms with Crippen LogP contribution in [0.25, 0.3) is 11.1 Å². The van der Waals surface area contributed by atoms with Crippen LogP contribution in [0.4, 0.5) is 0 Å². The molecule has 2 aliphatic heterocycles. The third kappa shape index (κ3) is 7.64. The Morgan fingerprint density at radius 2 is 1.09 bits per heavy atom. The van der Waals surface area contributed by atoms with Crippen molar-refractivity contribution in [2.45, 2.75) is 30.7 Å². The zero-order chi connectivity index (χ0) is 48.4. The number of benzene rings is 5. The molecule has 16 N–H and O–H groups in total. The summed E-state index contributed by atoms with van der Waals surface area (Å²) in [6.07, 6.45) is -11.2. The van der Waals surface area contributed by atoms with Crippen LogP contribution in [0.5, 0.6) is 97.7 Å². The minimum Gasteiger partial charge on any atom is -0.504 e. The molecule has 2 heterocycles. The van der Waals surface area contributed by atoms with E-state index in [0.717, 1.165) is 0 Å². The Hall–Kier alpha value is -9.30. The van der Waals surface area contributed by atoms with Gasteiger partial charge in [-0.15, -0.1) is 0 Å². The molecule has 5 aromatic carbocycles. The number of cyclic esters (lactones) is 1. The second-order valence-electron chi connectivity index (χ2n) is 14.0. The molecule has 0 amide bonds. The first-order chi connectivity index (χ1) is 31.0. The number of aliphatic hydroxyl groups is 1. The molecule has 5 unspecified atom stereocenters. The van der Waals surface area contributed by atoms with Crippen molar-refractivity contribution in [1.29, 1.82) is 0 Å². The van der Waals surface area contributed by atoms with E-state index in [-0.39, 0.29) is 0 Å². The number of carboxylic acids is 1. The first-order valence-electron chi connectivity index (χ1n) is 18.2. The van der Waals surface area contributed by atoms with Crippen molar-refractivity contribution in [2.75, 3.05) is 6.61 Å². The van der Waals surface area contributed by atoms with Gasteiger partial charge in [-0.3, -0.25) is 0 Å². The van der Waals surface area contributed by atoms with Crippen molar-refractivity contribution in [3.8, 4) is 109 Å². The van der Waals surface area contributed by atoms with Gasteiger partial charge in [0, 0.05) is 29.3 Å². The van der Waals surface area contributed by atoms with Crippen LogP contribution in [-0.4, -0.2) is 143 Å². The van der Waals surface area contributed by atoms with E-state index >= 15 is 0 Å². The van der Waals surface area contributed by atoms with E-state index in [0.29, 0.717) is 42.5 Å². The third-order valence-corrected chi connectivity index (χ3v) is 9.92. The maximum atomic E-state index is 14.2. The van der Waals surface area contributed by atoms with Crippen LogP contribution < -0.4 is 9.47 Å². The van der Waals surface area contributed by atoms with Gasteiger partial charge >= 0.3 is 23.9 Å². The summed E-state index contributed by atoms with van der Waals surface area (Å²) in [5.41, 5.74) is -6.11. The summed E-state index contributed by atoms with van der Waals surface area (Å²) in [5, 5.41) is 166. The van der Waals surface area contributed by atoms with Gasteiger partial charge in [-0.1, -0.05) is 0 Å². The highest BCUT2D eigenvalue weighted by atomic mass is 16.7. The lowest BCUT2D eigenvalue weighted by Gasteiger charge is -2.43. The molecular weight excluding hydrogens is 896 g/mol. The average Bonchev–Trinajstić information content (AvgIpc) is 3.25. The molecule has 0 spiro atoms. The zero-order valence-electron chi connectivity index (χ0n) is 32.4. The number of hydrogen-bond donors (Lipinski definition) is 16. The molecule has 66 heavy (non-hydrogen) atoms. The van der Waals surface area contributed by atoms with E-state index in [9.17, 15) is 101 Å². The fourth-order valence-corrected chi connectivity index (χ4v) is 6.71. The second-order valence-corrected chi connectivity index (χ2v) is 14.0. The van der Waals surface area contributed by atoms with Crippen LogP contribution in [0, 0.1) is 0 Å². The summed E-state index contributed by atoms with van der Waals surface area (Å²) in [6, 6.07) is 3.87. The molecule has 0 aromatic heterocycles. The lowest BCUT2D eigenvalue weighted by atomic mass is 9.91. The number of carbonyl (C=O) groups excluding carboxylic acids is 3. The molecule has 26 nitrogen and oxygen atoms in total. The van der Waals surface area contributed by atoms with Crippen molar-refractivity contribution < 1.29 is 129 Å². The summed E-state index contributed by atoms with van der Waals surface area (Å²) in [4.78, 5) is 53.8. The number of rotatable bonds is 7. The molecule has 2 bridgehead atoms. The van der Waals surface area contributed by atoms with E-state index in [1.807, 2.05) is 0 Å². The summed E-state index contributed by atoms with van der Waals surface area (Å²) in [7, 11) is 0. The summed E-state index contributed by atoms with van der Waals surface area (Å²) < 4.78 is 33.2. The molecule has 7 rings (SSSR count). The Labute approximate surface area is 363 Å². The minimum absolute atomic E-state index is 0.418. The molecule has 346 valence electrons. The van der Waals surface area contributed by atoms with Gasteiger partial charge < -0.3 is 110 Å². The first kappa shape index (κ1) is 44.7. The molecule has 0 saturated carbocycles. The smallest absolute Gasteiger partial charge is 0.343 e. The topological polar surface area (TPSA) is 447 Å². The molecule has 5 aromatic rings. The summed E-state index contributed by atoms with van der Waals surface area (Å²) in [5.74, 6) is -26.7. The van der Waals surface area contributed by atoms with Crippen LogP contribution in [0.15, 0.2) is 42.5 Å². The van der Waals surface area contributed by atoms with Crippen LogP contribution >= 0.6 is 0 Å². The predicted molar refractivity (Wildman–Crippen MR) is 206 cm³/mol. The Balaban J connectivity index is 1.36. The van der Waals surface area contributed by atoms with Gasteiger partial charge in [0.2, 0.25) is 41.1 Å². The molecule has 0 aliphatic carbocycles. The number of hydrogen-bond acceptors (Lipinski definition) is 25. The SMILES string of the molecule is O=C(OC1C(Oc2cc(O)c(O)c(O)c2)OC2COC(=O)c3cc(O)c(O)c(O)c3-c3c(cc(O)c(O)c3O)C(=O)OC1C2O)c1cc(O)c(O)c(Oc2cc(O)c(O)c(O)c2C(=O)O)c1. The van der Waals surface area contributed by atoms with Crippen molar-refractivity contribution in [1.82, 2.24) is 0 Å². The fraction of sp³-hybridized carbons (Fsp3) is 0.150. The molecule has 5 atom stereocenters. The van der Waals surface area contributed by atoms with Gasteiger partial charge in [0.1, 0.15) is 35.9 Å². The normalized spacial score (nSPS) is 19.1. The van der Waals surface area contributed by atoms with E-state index in [1.54, 1.807) is 0 Å². The number of aliphatic hydroxyl groups excluding tert-OH is 1. The monoisotopic (exact) mass is 926 g/mol. The summed E-state index contributed by atoms with van der Waals surface area (Å²) in [6.45, 7) is -1.10. The number of carbonyl (C=O) groups is 4. The number of phenolic OH excluding ortho intramolecular Hbond substituents is 13. The summed E-state index contributed by atoms with van der Waals surface area (Å²) >= 11 is 0. The number of aromatic hydroxyl groups is 14. The molecule has 26 heteroatoms. The van der Waals surface area contributed by atoms with Gasteiger partial charge in [0.25, 0.3) is 0 Å². The number of phenols is 14. The molecule has 2 aliphatic rings. The largest absolute Gasteiger partial charge is 0.504 e. The standard InChI is InChI=1S/C40H30O26/c41-13-1-9(2-20(26(13)48)63-19-7-18(46)29(51)33(55)24(19)36(56)57)37(58)66-35-34-30(52)21(64-40(35)62-10-3-14(42)25(47)15(43)4-10)8-61-38(59)11-5-16(44)27(49)31(53)22(11)23-12(39(60)65-34)6-17(45)28(50)32(23)54/h1-7,21,30,34-35,40-55H,8H2,(H,56,57). The van der Waals surface area contributed by atoms with Crippen LogP contribution in [0.1, 0.15) is 41.4 Å². The fourth-order valence-electron chi connectivity index (χ4n) is 6.71. The number of ether oxygens (including phenoxy) is 6. The highest BCUT2D eigenvalue weighted by Gasteiger charge is 2.52. The maximum absolute atomic E-state index is 14.2. The van der Waals surface area contributed by atoms with Gasteiger partial charge in [-0.2, -0.15) is 0 Å². The maximum Gasteiger partial charge on any atom is 0.343 e. The Bertz CT molecular complexity index is 2870. The number of fused-ring (bicyclic) bond motifs is 5. The lowest BCUT2D eigenvalue weighted by molar-refractivity contribution is -0.276. The van der Waals surface area contributed by atoms with Crippen LogP contribution in [-0.2, 0) is 18.9 Å². The second kappa shape index (κ2) is 16.4. The Morgan fingerprint density at radius 3 is 1.67 bits per heavy atom. The minimum atomic E-state index is -2.36. The van der Waals surface area contributed by atoms with Crippen molar-refractivity contribution in [3.63, 3.8) is 0 Å². The predicted octanol–water partition coefficient (Wildman–Crippen LogP) is 1.81. The highest BCUT2D eigenvalue weighted by Crippen LogP contribution is 2.53. The van der Waals surface area contributed by atoms with Crippen LogP contribution in [0.2, 0.25) is 0 Å². The molecular formula is C40H30O26. The number of carboxylic acid groups (broad SMARTS) is 1. The lowest BCUT2D eigenvalue weighted by Crippen LogP contribution is -2.62. The van der Waals surface area contributed by atoms with E-state index in [2.05, 4.69) is 0 Å². The van der Waals surface area contributed by atoms with E-state index < -0.39 is 192 Å².